The first-order chi connectivity index (χ1) is 13.0. The monoisotopic (exact) mass is 404 g/mol. The molecule has 6 nitrogen and oxygen atoms in total. The van der Waals surface area contributed by atoms with E-state index in [1.165, 1.54) is 17.7 Å². The number of rotatable bonds is 7. The number of nitrogens with zero attached hydrogens (tertiary/aromatic N) is 1. The molecule has 28 heavy (non-hydrogen) atoms. The van der Waals surface area contributed by atoms with Gasteiger partial charge in [0.05, 0.1) is 4.90 Å². The van der Waals surface area contributed by atoms with Crippen LogP contribution in [0.15, 0.2) is 41.3 Å². The Morgan fingerprint density at radius 1 is 1.04 bits per heavy atom. The van der Waals surface area contributed by atoms with Gasteiger partial charge in [-0.2, -0.15) is 0 Å². The SMILES string of the molecule is Cc1ccc(N(C)C(=O)COc2ccc(S(=O)(=O)NC(C)C)cc2C)cc1C. The van der Waals surface area contributed by atoms with Gasteiger partial charge in [-0.3, -0.25) is 4.79 Å². The normalized spacial score (nSPS) is 11.5. The van der Waals surface area contributed by atoms with Gasteiger partial charge in [0.1, 0.15) is 5.75 Å². The van der Waals surface area contributed by atoms with E-state index in [2.05, 4.69) is 4.72 Å². The summed E-state index contributed by atoms with van der Waals surface area (Å²) in [4.78, 5) is 14.2. The van der Waals surface area contributed by atoms with Crippen molar-refractivity contribution in [3.05, 3.63) is 53.1 Å². The Kier molecular flexibility index (Phi) is 6.85. The summed E-state index contributed by atoms with van der Waals surface area (Å²) in [6.07, 6.45) is 0. The van der Waals surface area contributed by atoms with Crippen LogP contribution in [0.5, 0.6) is 5.75 Å². The van der Waals surface area contributed by atoms with Gasteiger partial charge in [-0.25, -0.2) is 13.1 Å². The minimum absolute atomic E-state index is 0.138. The molecule has 7 heteroatoms. The third-order valence-electron chi connectivity index (χ3n) is 4.45. The summed E-state index contributed by atoms with van der Waals surface area (Å²) >= 11 is 0. The van der Waals surface area contributed by atoms with Crippen LogP contribution in [0.4, 0.5) is 5.69 Å². The van der Waals surface area contributed by atoms with Crippen molar-refractivity contribution in [1.29, 1.82) is 0 Å². The molecular weight excluding hydrogens is 376 g/mol. The zero-order valence-electron chi connectivity index (χ0n) is 17.2. The number of anilines is 1. The lowest BCUT2D eigenvalue weighted by atomic mass is 10.1. The smallest absolute Gasteiger partial charge is 0.264 e. The number of amides is 1. The fourth-order valence-corrected chi connectivity index (χ4v) is 3.98. The molecule has 1 amide bonds. The van der Waals surface area contributed by atoms with E-state index >= 15 is 0 Å². The molecule has 0 unspecified atom stereocenters. The second kappa shape index (κ2) is 8.75. The summed E-state index contributed by atoms with van der Waals surface area (Å²) in [6, 6.07) is 10.2. The third-order valence-corrected chi connectivity index (χ3v) is 6.11. The van der Waals surface area contributed by atoms with Gasteiger partial charge in [0.25, 0.3) is 5.91 Å². The topological polar surface area (TPSA) is 75.7 Å². The van der Waals surface area contributed by atoms with E-state index in [1.807, 2.05) is 32.0 Å². The van der Waals surface area contributed by atoms with Crippen LogP contribution >= 0.6 is 0 Å². The van der Waals surface area contributed by atoms with E-state index in [0.717, 1.165) is 11.3 Å². The number of sulfonamides is 1. The molecular formula is C21H28N2O4S. The first-order valence-corrected chi connectivity index (χ1v) is 10.6. The highest BCUT2D eigenvalue weighted by molar-refractivity contribution is 7.89. The molecule has 0 saturated heterocycles. The van der Waals surface area contributed by atoms with Crippen molar-refractivity contribution >= 4 is 21.6 Å². The van der Waals surface area contributed by atoms with Crippen molar-refractivity contribution in [1.82, 2.24) is 4.72 Å². The van der Waals surface area contributed by atoms with Gasteiger partial charge < -0.3 is 9.64 Å². The number of aryl methyl sites for hydroxylation is 3. The zero-order valence-corrected chi connectivity index (χ0v) is 18.1. The second-order valence-corrected chi connectivity index (χ2v) is 8.93. The molecule has 0 heterocycles. The van der Waals surface area contributed by atoms with Crippen molar-refractivity contribution in [3.8, 4) is 5.75 Å². The van der Waals surface area contributed by atoms with Crippen molar-refractivity contribution in [2.45, 2.75) is 45.6 Å². The lowest BCUT2D eigenvalue weighted by Crippen LogP contribution is -2.31. The van der Waals surface area contributed by atoms with Crippen molar-refractivity contribution in [2.75, 3.05) is 18.6 Å². The maximum absolute atomic E-state index is 12.5. The maximum Gasteiger partial charge on any atom is 0.264 e. The summed E-state index contributed by atoms with van der Waals surface area (Å²) in [6.45, 7) is 9.16. The number of nitrogens with one attached hydrogen (secondary N) is 1. The Hall–Kier alpha value is -2.38. The number of ether oxygens (including phenoxy) is 1. The number of benzene rings is 2. The van der Waals surface area contributed by atoms with Crippen LogP contribution < -0.4 is 14.4 Å². The van der Waals surface area contributed by atoms with Gasteiger partial charge >= 0.3 is 0 Å². The number of carbonyl (C=O) groups excluding carboxylic acids is 1. The van der Waals surface area contributed by atoms with Gasteiger partial charge in [-0.05, 0) is 81.6 Å². The largest absolute Gasteiger partial charge is 0.483 e. The summed E-state index contributed by atoms with van der Waals surface area (Å²) < 4.78 is 32.7. The van der Waals surface area contributed by atoms with Gasteiger partial charge in [0, 0.05) is 18.8 Å². The van der Waals surface area contributed by atoms with Crippen LogP contribution in [0.3, 0.4) is 0 Å². The van der Waals surface area contributed by atoms with Gasteiger partial charge in [-0.1, -0.05) is 6.07 Å². The number of hydrogen-bond acceptors (Lipinski definition) is 4. The predicted octanol–water partition coefficient (Wildman–Crippen LogP) is 3.34. The minimum atomic E-state index is -3.57. The standard InChI is InChI=1S/C21H28N2O4S/c1-14(2)22-28(25,26)19-9-10-20(17(5)12-19)27-13-21(24)23(6)18-8-7-15(3)16(4)11-18/h7-12,14,22H,13H2,1-6H3. The van der Waals surface area contributed by atoms with Gasteiger partial charge in [0.2, 0.25) is 10.0 Å². The summed E-state index contributed by atoms with van der Waals surface area (Å²) in [5.41, 5.74) is 3.72. The van der Waals surface area contributed by atoms with E-state index in [-0.39, 0.29) is 23.5 Å². The molecule has 0 aliphatic heterocycles. The highest BCUT2D eigenvalue weighted by Crippen LogP contribution is 2.23. The van der Waals surface area contributed by atoms with E-state index < -0.39 is 10.0 Å². The molecule has 0 aliphatic rings. The first kappa shape index (κ1) is 21.9. The molecule has 0 bridgehead atoms. The van der Waals surface area contributed by atoms with Crippen LogP contribution in [0.25, 0.3) is 0 Å². The molecule has 2 aromatic carbocycles. The highest BCUT2D eigenvalue weighted by atomic mass is 32.2. The van der Waals surface area contributed by atoms with E-state index in [1.54, 1.807) is 38.8 Å². The molecule has 0 aromatic heterocycles. The van der Waals surface area contributed by atoms with E-state index in [0.29, 0.717) is 11.3 Å². The third kappa shape index (κ3) is 5.33. The Morgan fingerprint density at radius 3 is 2.29 bits per heavy atom. The van der Waals surface area contributed by atoms with Crippen molar-refractivity contribution in [2.24, 2.45) is 0 Å². The van der Waals surface area contributed by atoms with Crippen molar-refractivity contribution < 1.29 is 17.9 Å². The Labute approximate surface area is 167 Å². The number of likely N-dealkylation sites (N-methyl/N-ethyl adjacent to an activating group) is 1. The lowest BCUT2D eigenvalue weighted by molar-refractivity contribution is -0.120. The Balaban J connectivity index is 2.07. The molecule has 152 valence electrons. The molecule has 0 aliphatic carbocycles. The fourth-order valence-electron chi connectivity index (χ4n) is 2.64. The summed E-state index contributed by atoms with van der Waals surface area (Å²) in [5.74, 6) is 0.283. The molecule has 1 N–H and O–H groups in total. The molecule has 2 aromatic rings. The quantitative estimate of drug-likeness (QED) is 0.768. The molecule has 0 fully saturated rings. The minimum Gasteiger partial charge on any atom is -0.483 e. The van der Waals surface area contributed by atoms with Gasteiger partial charge in [-0.15, -0.1) is 0 Å². The highest BCUT2D eigenvalue weighted by Gasteiger charge is 2.17. The Bertz CT molecular complexity index is 968. The van der Waals surface area contributed by atoms with Crippen molar-refractivity contribution in [3.63, 3.8) is 0 Å². The predicted molar refractivity (Wildman–Crippen MR) is 111 cm³/mol. The molecule has 0 saturated carbocycles. The maximum atomic E-state index is 12.5. The van der Waals surface area contributed by atoms with E-state index in [4.69, 9.17) is 4.74 Å². The second-order valence-electron chi connectivity index (χ2n) is 7.21. The fraction of sp³-hybridized carbons (Fsp3) is 0.381. The summed E-state index contributed by atoms with van der Waals surface area (Å²) in [5, 5.41) is 0. The van der Waals surface area contributed by atoms with Crippen LogP contribution in [0.1, 0.15) is 30.5 Å². The lowest BCUT2D eigenvalue weighted by Gasteiger charge is -2.19. The molecule has 0 radical (unpaired) electrons. The van der Waals surface area contributed by atoms with Crippen LogP contribution in [0.2, 0.25) is 0 Å². The Morgan fingerprint density at radius 2 is 1.71 bits per heavy atom. The number of hydrogen-bond donors (Lipinski definition) is 1. The first-order valence-electron chi connectivity index (χ1n) is 9.11. The van der Waals surface area contributed by atoms with Crippen LogP contribution in [-0.4, -0.2) is 34.0 Å². The van der Waals surface area contributed by atoms with Crippen LogP contribution in [0, 0.1) is 20.8 Å². The molecule has 2 rings (SSSR count). The van der Waals surface area contributed by atoms with Gasteiger partial charge in [0.15, 0.2) is 6.61 Å². The van der Waals surface area contributed by atoms with E-state index in [9.17, 15) is 13.2 Å². The average molecular weight is 405 g/mol. The molecule has 0 spiro atoms. The number of carbonyl (C=O) groups is 1. The zero-order chi connectivity index (χ0) is 21.1. The molecule has 0 atom stereocenters. The average Bonchev–Trinajstić information content (AvgIpc) is 2.61. The summed E-state index contributed by atoms with van der Waals surface area (Å²) in [7, 11) is -1.86. The van der Waals surface area contributed by atoms with Crippen LogP contribution in [-0.2, 0) is 14.8 Å².